The molecular weight excluding hydrogens is 161 g/mol. The number of hydrogen-bond donors (Lipinski definition) is 0. The van der Waals surface area contributed by atoms with E-state index in [0.717, 1.165) is 5.56 Å². The third-order valence-corrected chi connectivity index (χ3v) is 2.42. The van der Waals surface area contributed by atoms with E-state index in [0.29, 0.717) is 6.42 Å². The molecule has 1 unspecified atom stereocenters. The van der Waals surface area contributed by atoms with Crippen LogP contribution in [0.4, 0.5) is 0 Å². The zero-order valence-corrected chi connectivity index (χ0v) is 7.13. The molecule has 0 aliphatic heterocycles. The van der Waals surface area contributed by atoms with E-state index in [1.54, 1.807) is 18.2 Å². The molecule has 1 aromatic carbocycles. The first-order chi connectivity index (χ1) is 8.61. The monoisotopic (exact) mass is 181 g/mol. The number of carbonyl (C=O) groups is 1. The zero-order valence-electron chi connectivity index (χ0n) is 13.1. The number of fused-ring (bicyclic) bond motifs is 1. The van der Waals surface area contributed by atoms with Crippen LogP contribution in [0.1, 0.15) is 44.3 Å². The molecule has 0 aromatic heterocycles. The van der Waals surface area contributed by atoms with Gasteiger partial charge >= 0.3 is 0 Å². The second-order valence-corrected chi connectivity index (χ2v) is 3.39. The Kier molecular flexibility index (Phi) is 0.818. The topological polar surface area (TPSA) is 17.1 Å². The molecular formula is C12H14O. The summed E-state index contributed by atoms with van der Waals surface area (Å²) in [4.78, 5) is 12.5. The van der Waals surface area contributed by atoms with Crippen LogP contribution in [0.5, 0.6) is 0 Å². The molecule has 0 amide bonds. The maximum atomic E-state index is 12.5. The first-order valence-electron chi connectivity index (χ1n) is 7.24. The van der Waals surface area contributed by atoms with Crippen molar-refractivity contribution in [2.75, 3.05) is 0 Å². The number of aryl methyl sites for hydroxylation is 1. The second kappa shape index (κ2) is 2.69. The largest absolute Gasteiger partial charge is 0.294 e. The molecule has 2 rings (SSSR count). The fourth-order valence-electron chi connectivity index (χ4n) is 1.63. The Morgan fingerprint density at radius 2 is 2.15 bits per heavy atom. The van der Waals surface area contributed by atoms with Gasteiger partial charge in [0.2, 0.25) is 0 Å². The van der Waals surface area contributed by atoms with E-state index in [1.807, 2.05) is 0 Å². The molecule has 0 bridgehead atoms. The maximum absolute atomic E-state index is 12.5. The van der Waals surface area contributed by atoms with Crippen LogP contribution in [0, 0.1) is 5.41 Å². The van der Waals surface area contributed by atoms with Crippen LogP contribution in [-0.2, 0) is 6.42 Å². The molecule has 1 aliphatic carbocycles. The van der Waals surface area contributed by atoms with Crippen molar-refractivity contribution < 1.29 is 13.0 Å². The summed E-state index contributed by atoms with van der Waals surface area (Å²) in [6, 6.07) is 6.61. The Bertz CT molecular complexity index is 500. The van der Waals surface area contributed by atoms with Gasteiger partial charge in [-0.15, -0.1) is 0 Å². The predicted molar refractivity (Wildman–Crippen MR) is 52.9 cm³/mol. The van der Waals surface area contributed by atoms with Crippen molar-refractivity contribution in [3.63, 3.8) is 0 Å². The highest BCUT2D eigenvalue weighted by Gasteiger charge is 2.33. The van der Waals surface area contributed by atoms with Gasteiger partial charge in [0.05, 0.1) is 0 Å². The lowest BCUT2D eigenvalue weighted by Gasteiger charge is -2.29. The number of Topliss-reactive ketones (excluding diaryl/α,β-unsaturated/α-hetero) is 1. The molecule has 0 radical (unpaired) electrons. The van der Waals surface area contributed by atoms with Crippen LogP contribution in [0.2, 0.25) is 0 Å². The normalized spacial score (nSPS) is 35.8. The van der Waals surface area contributed by atoms with Crippen LogP contribution < -0.4 is 0 Å². The summed E-state index contributed by atoms with van der Waals surface area (Å²) in [5, 5.41) is 0. The predicted octanol–water partition coefficient (Wildman–Crippen LogP) is 2.84. The highest BCUT2D eigenvalue weighted by atomic mass is 16.1. The SMILES string of the molecule is [2H]C([2H])([2H])C1([13C]([2H])([2H])[2H])CCc2ccccc2C1=O. The van der Waals surface area contributed by atoms with Crippen LogP contribution in [0.25, 0.3) is 0 Å². The van der Waals surface area contributed by atoms with Crippen molar-refractivity contribution in [3.8, 4) is 0 Å². The van der Waals surface area contributed by atoms with Gasteiger partial charge in [0.1, 0.15) is 0 Å². The van der Waals surface area contributed by atoms with Gasteiger partial charge in [-0.3, -0.25) is 4.79 Å². The minimum absolute atomic E-state index is 0.171. The molecule has 1 aromatic rings. The molecule has 0 saturated carbocycles. The van der Waals surface area contributed by atoms with Gasteiger partial charge in [-0.1, -0.05) is 38.0 Å². The third-order valence-electron chi connectivity index (χ3n) is 2.42. The molecule has 1 aliphatic rings. The molecule has 1 nitrogen and oxygen atoms in total. The van der Waals surface area contributed by atoms with Crippen LogP contribution in [-0.4, -0.2) is 5.78 Å². The Morgan fingerprint density at radius 1 is 1.38 bits per heavy atom. The van der Waals surface area contributed by atoms with E-state index in [2.05, 4.69) is 0 Å². The van der Waals surface area contributed by atoms with E-state index in [9.17, 15) is 4.79 Å². The smallest absolute Gasteiger partial charge is 0.168 e. The lowest BCUT2D eigenvalue weighted by Crippen LogP contribution is -2.30. The maximum Gasteiger partial charge on any atom is 0.168 e. The fourth-order valence-corrected chi connectivity index (χ4v) is 1.63. The zero-order chi connectivity index (χ0) is 14.5. The fraction of sp³-hybridized carbons (Fsp3) is 0.417. The third kappa shape index (κ3) is 1.28. The summed E-state index contributed by atoms with van der Waals surface area (Å²) in [6.07, 6.45) is 0.120. The number of ketones is 1. The van der Waals surface area contributed by atoms with Crippen molar-refractivity contribution in [3.05, 3.63) is 35.4 Å². The molecule has 0 fully saturated rings. The molecule has 13 heavy (non-hydrogen) atoms. The molecule has 1 heteroatoms. The van der Waals surface area contributed by atoms with E-state index >= 15 is 0 Å². The summed E-state index contributed by atoms with van der Waals surface area (Å²) < 4.78 is 45.3. The molecule has 0 saturated heterocycles. The number of benzene rings is 1. The lowest BCUT2D eigenvalue weighted by molar-refractivity contribution is 0.0811. The average Bonchev–Trinajstić information content (AvgIpc) is 2.26. The second-order valence-electron chi connectivity index (χ2n) is 3.39. The van der Waals surface area contributed by atoms with Crippen molar-refractivity contribution in [1.82, 2.24) is 0 Å². The van der Waals surface area contributed by atoms with Crippen molar-refractivity contribution in [2.24, 2.45) is 5.41 Å². The molecule has 0 N–H and O–H groups in total. The van der Waals surface area contributed by atoms with Gasteiger partial charge in [-0.2, -0.15) is 0 Å². The van der Waals surface area contributed by atoms with E-state index in [1.165, 1.54) is 6.07 Å². The quantitative estimate of drug-likeness (QED) is 0.562. The lowest BCUT2D eigenvalue weighted by atomic mass is 9.77. The Labute approximate surface area is 87.2 Å². The average molecular weight is 181 g/mol. The summed E-state index contributed by atoms with van der Waals surface area (Å²) in [5.41, 5.74) is -1.34. The van der Waals surface area contributed by atoms with Crippen LogP contribution >= 0.6 is 0 Å². The first kappa shape index (κ1) is 3.95. The van der Waals surface area contributed by atoms with Gasteiger partial charge in [0.25, 0.3) is 0 Å². The number of carbonyl (C=O) groups excluding carboxylic acids is 1. The van der Waals surface area contributed by atoms with Crippen molar-refractivity contribution in [1.29, 1.82) is 0 Å². The Balaban J connectivity index is 2.65. The summed E-state index contributed by atoms with van der Waals surface area (Å²) in [5.74, 6) is -0.783. The number of rotatable bonds is 0. The Morgan fingerprint density at radius 3 is 2.92 bits per heavy atom. The van der Waals surface area contributed by atoms with Gasteiger partial charge in [-0.05, 0) is 18.4 Å². The summed E-state index contributed by atoms with van der Waals surface area (Å²) >= 11 is 0. The summed E-state index contributed by atoms with van der Waals surface area (Å²) in [7, 11) is 0. The first-order valence-corrected chi connectivity index (χ1v) is 4.24. The minimum Gasteiger partial charge on any atom is -0.294 e. The highest BCUT2D eigenvalue weighted by molar-refractivity contribution is 6.02. The standard InChI is InChI=1S/C12H14O/c1-12(2)8-7-9-5-3-4-6-10(9)11(12)13/h3-6H,7-8H2,1-2H3/i1D3,2+1D3. The van der Waals surface area contributed by atoms with Gasteiger partial charge in [-0.25, -0.2) is 0 Å². The molecule has 0 heterocycles. The van der Waals surface area contributed by atoms with Crippen molar-refractivity contribution >= 4 is 5.78 Å². The van der Waals surface area contributed by atoms with Crippen LogP contribution in [0.3, 0.4) is 0 Å². The minimum atomic E-state index is -2.84. The van der Waals surface area contributed by atoms with E-state index in [-0.39, 0.29) is 12.0 Å². The Hall–Kier alpha value is -1.11. The molecule has 68 valence electrons. The van der Waals surface area contributed by atoms with Gasteiger partial charge < -0.3 is 0 Å². The van der Waals surface area contributed by atoms with E-state index in [4.69, 9.17) is 8.22 Å². The van der Waals surface area contributed by atoms with Crippen molar-refractivity contribution in [2.45, 2.75) is 26.5 Å². The highest BCUT2D eigenvalue weighted by Crippen LogP contribution is 2.34. The van der Waals surface area contributed by atoms with E-state index < -0.39 is 24.9 Å². The van der Waals surface area contributed by atoms with Gasteiger partial charge in [0.15, 0.2) is 5.78 Å². The van der Waals surface area contributed by atoms with Gasteiger partial charge in [0, 0.05) is 19.2 Å². The van der Waals surface area contributed by atoms with Crippen LogP contribution in [0.15, 0.2) is 24.3 Å². The molecule has 1 atom stereocenters. The molecule has 0 spiro atoms. The number of hydrogen-bond acceptors (Lipinski definition) is 1. The summed E-state index contributed by atoms with van der Waals surface area (Å²) in [6.45, 7) is -5.69.